The third-order valence-electron chi connectivity index (χ3n) is 4.24. The molecule has 23 heavy (non-hydrogen) atoms. The number of hydrogen-bond acceptors (Lipinski definition) is 5. The van der Waals surface area contributed by atoms with E-state index in [1.54, 1.807) is 4.68 Å². The predicted molar refractivity (Wildman–Crippen MR) is 86.8 cm³/mol. The van der Waals surface area contributed by atoms with E-state index in [4.69, 9.17) is 0 Å². The Balaban J connectivity index is 1.78. The Hall–Kier alpha value is -2.67. The second-order valence-corrected chi connectivity index (χ2v) is 5.79. The van der Waals surface area contributed by atoms with Crippen LogP contribution in [0.3, 0.4) is 0 Å². The molecule has 0 bridgehead atoms. The number of hydrogen-bond donors (Lipinski definition) is 3. The topological polar surface area (TPSA) is 95.8 Å². The van der Waals surface area contributed by atoms with Gasteiger partial charge in [-0.05, 0) is 31.4 Å². The molecule has 0 radical (unpaired) electrons. The number of aromatic nitrogens is 4. The van der Waals surface area contributed by atoms with Crippen molar-refractivity contribution in [1.29, 1.82) is 0 Å². The average molecular weight is 311 g/mol. The van der Waals surface area contributed by atoms with E-state index in [1.807, 2.05) is 30.3 Å². The maximum Gasteiger partial charge on any atom is 0.263 e. The summed E-state index contributed by atoms with van der Waals surface area (Å²) in [4.78, 5) is 19.5. The van der Waals surface area contributed by atoms with Crippen LogP contribution in [0.1, 0.15) is 19.3 Å². The third kappa shape index (κ3) is 2.49. The van der Waals surface area contributed by atoms with Gasteiger partial charge in [-0.2, -0.15) is 10.1 Å². The van der Waals surface area contributed by atoms with Crippen LogP contribution in [-0.4, -0.2) is 37.0 Å². The molecule has 2 aromatic heterocycles. The molecule has 3 aromatic rings. The van der Waals surface area contributed by atoms with Crippen molar-refractivity contribution in [3.63, 3.8) is 0 Å². The van der Waals surface area contributed by atoms with Crippen LogP contribution in [0.25, 0.3) is 16.7 Å². The van der Waals surface area contributed by atoms with E-state index in [2.05, 4.69) is 20.4 Å². The summed E-state index contributed by atoms with van der Waals surface area (Å²) >= 11 is 0. The second kappa shape index (κ2) is 5.51. The molecule has 118 valence electrons. The summed E-state index contributed by atoms with van der Waals surface area (Å²) in [7, 11) is 0. The molecular weight excluding hydrogens is 294 g/mol. The minimum atomic E-state index is -0.407. The number of aliphatic hydroxyl groups excluding tert-OH is 1. The van der Waals surface area contributed by atoms with Gasteiger partial charge in [-0.1, -0.05) is 18.2 Å². The molecule has 4 rings (SSSR count). The molecule has 2 atom stereocenters. The molecule has 0 spiro atoms. The Bertz CT molecular complexity index is 886. The van der Waals surface area contributed by atoms with Crippen LogP contribution in [0.5, 0.6) is 0 Å². The lowest BCUT2D eigenvalue weighted by molar-refractivity contribution is 0.171. The van der Waals surface area contributed by atoms with Crippen LogP contribution < -0.4 is 10.9 Å². The summed E-state index contributed by atoms with van der Waals surface area (Å²) in [6.07, 6.45) is 3.71. The maximum absolute atomic E-state index is 12.2. The first-order chi connectivity index (χ1) is 11.2. The first-order valence-corrected chi connectivity index (χ1v) is 7.70. The molecule has 0 aliphatic heterocycles. The van der Waals surface area contributed by atoms with Crippen LogP contribution in [0.15, 0.2) is 41.3 Å². The number of nitrogens with zero attached hydrogens (tertiary/aromatic N) is 3. The number of benzene rings is 1. The van der Waals surface area contributed by atoms with Gasteiger partial charge in [0.25, 0.3) is 5.56 Å². The quantitative estimate of drug-likeness (QED) is 0.680. The molecule has 0 saturated heterocycles. The maximum atomic E-state index is 12.2. The van der Waals surface area contributed by atoms with E-state index in [-0.39, 0.29) is 11.6 Å². The molecule has 0 unspecified atom stereocenters. The molecule has 7 nitrogen and oxygen atoms in total. The smallest absolute Gasteiger partial charge is 0.263 e. The van der Waals surface area contributed by atoms with Gasteiger partial charge in [0, 0.05) is 0 Å². The number of aromatic amines is 1. The molecule has 7 heteroatoms. The summed E-state index contributed by atoms with van der Waals surface area (Å²) < 4.78 is 1.64. The largest absolute Gasteiger partial charge is 0.391 e. The Kier molecular flexibility index (Phi) is 3.34. The molecule has 1 fully saturated rings. The van der Waals surface area contributed by atoms with Gasteiger partial charge in [0.1, 0.15) is 5.39 Å². The lowest BCUT2D eigenvalue weighted by Crippen LogP contribution is -2.30. The van der Waals surface area contributed by atoms with E-state index in [0.717, 1.165) is 24.9 Å². The highest BCUT2D eigenvalue weighted by atomic mass is 16.3. The first kappa shape index (κ1) is 14.0. The van der Waals surface area contributed by atoms with Crippen LogP contribution in [-0.2, 0) is 0 Å². The van der Waals surface area contributed by atoms with Gasteiger partial charge in [0.05, 0.1) is 24.0 Å². The summed E-state index contributed by atoms with van der Waals surface area (Å²) in [5.41, 5.74) is 1.09. The standard InChI is InChI=1S/C16H17N5O2/c22-13-8-4-7-12(13)18-16-19-14-11(15(23)20-16)9-17-21(14)10-5-2-1-3-6-10/h1-3,5-6,9,12-13,22H,4,7-8H2,(H2,18,19,20,23)/t12-,13-/m0/s1. The minimum absolute atomic E-state index is 0.0799. The summed E-state index contributed by atoms with van der Waals surface area (Å²) in [5, 5.41) is 17.8. The van der Waals surface area contributed by atoms with Crippen LogP contribution >= 0.6 is 0 Å². The Morgan fingerprint density at radius 1 is 1.26 bits per heavy atom. The van der Waals surface area contributed by atoms with Gasteiger partial charge in [-0.25, -0.2) is 4.68 Å². The predicted octanol–water partition coefficient (Wildman–Crippen LogP) is 1.43. The van der Waals surface area contributed by atoms with E-state index < -0.39 is 6.10 Å². The first-order valence-electron chi connectivity index (χ1n) is 7.70. The summed E-state index contributed by atoms with van der Waals surface area (Å²) in [5.74, 6) is 0.367. The molecule has 2 heterocycles. The molecule has 1 aliphatic carbocycles. The molecule has 1 aliphatic rings. The number of anilines is 1. The highest BCUT2D eigenvalue weighted by molar-refractivity contribution is 5.76. The fourth-order valence-electron chi connectivity index (χ4n) is 3.03. The van der Waals surface area contributed by atoms with E-state index >= 15 is 0 Å². The van der Waals surface area contributed by atoms with Crippen molar-refractivity contribution in [2.75, 3.05) is 5.32 Å². The Morgan fingerprint density at radius 3 is 2.83 bits per heavy atom. The van der Waals surface area contributed by atoms with Crippen LogP contribution in [0.4, 0.5) is 5.95 Å². The number of aliphatic hydroxyl groups is 1. The fourth-order valence-corrected chi connectivity index (χ4v) is 3.03. The van der Waals surface area contributed by atoms with E-state index in [9.17, 15) is 9.90 Å². The fraction of sp³-hybridized carbons (Fsp3) is 0.312. The lowest BCUT2D eigenvalue weighted by atomic mass is 10.2. The average Bonchev–Trinajstić information content (AvgIpc) is 3.15. The van der Waals surface area contributed by atoms with Gasteiger partial charge < -0.3 is 10.4 Å². The van der Waals surface area contributed by atoms with Crippen molar-refractivity contribution >= 4 is 17.0 Å². The van der Waals surface area contributed by atoms with Gasteiger partial charge in [0.2, 0.25) is 5.95 Å². The lowest BCUT2D eigenvalue weighted by Gasteiger charge is -2.16. The number of H-pyrrole nitrogens is 1. The molecular formula is C16H17N5O2. The second-order valence-electron chi connectivity index (χ2n) is 5.79. The van der Waals surface area contributed by atoms with Crippen molar-refractivity contribution in [2.45, 2.75) is 31.4 Å². The van der Waals surface area contributed by atoms with Gasteiger partial charge in [-0.15, -0.1) is 0 Å². The highest BCUT2D eigenvalue weighted by Crippen LogP contribution is 2.22. The number of nitrogens with one attached hydrogen (secondary N) is 2. The number of para-hydroxylation sites is 1. The zero-order valence-electron chi connectivity index (χ0n) is 12.4. The normalized spacial score (nSPS) is 20.9. The van der Waals surface area contributed by atoms with E-state index in [0.29, 0.717) is 17.0 Å². The Morgan fingerprint density at radius 2 is 2.09 bits per heavy atom. The van der Waals surface area contributed by atoms with Gasteiger partial charge in [0.15, 0.2) is 5.65 Å². The van der Waals surface area contributed by atoms with Gasteiger partial charge >= 0.3 is 0 Å². The molecule has 1 aromatic carbocycles. The van der Waals surface area contributed by atoms with Crippen LogP contribution in [0, 0.1) is 0 Å². The van der Waals surface area contributed by atoms with Crippen molar-refractivity contribution in [3.05, 3.63) is 46.9 Å². The number of rotatable bonds is 3. The van der Waals surface area contributed by atoms with E-state index in [1.165, 1.54) is 6.20 Å². The van der Waals surface area contributed by atoms with Crippen molar-refractivity contribution in [1.82, 2.24) is 19.7 Å². The van der Waals surface area contributed by atoms with Crippen molar-refractivity contribution in [2.24, 2.45) is 0 Å². The summed E-state index contributed by atoms with van der Waals surface area (Å²) in [6, 6.07) is 9.47. The minimum Gasteiger partial charge on any atom is -0.391 e. The molecule has 0 amide bonds. The monoisotopic (exact) mass is 311 g/mol. The zero-order chi connectivity index (χ0) is 15.8. The zero-order valence-corrected chi connectivity index (χ0v) is 12.4. The van der Waals surface area contributed by atoms with Crippen molar-refractivity contribution in [3.8, 4) is 5.69 Å². The van der Waals surface area contributed by atoms with Crippen LogP contribution in [0.2, 0.25) is 0 Å². The Labute approximate surface area is 132 Å². The van der Waals surface area contributed by atoms with Gasteiger partial charge in [-0.3, -0.25) is 9.78 Å². The summed E-state index contributed by atoms with van der Waals surface area (Å²) in [6.45, 7) is 0. The third-order valence-corrected chi connectivity index (χ3v) is 4.24. The molecule has 3 N–H and O–H groups in total. The van der Waals surface area contributed by atoms with Crippen molar-refractivity contribution < 1.29 is 5.11 Å². The molecule has 1 saturated carbocycles. The highest BCUT2D eigenvalue weighted by Gasteiger charge is 2.25. The number of fused-ring (bicyclic) bond motifs is 1. The SMILES string of the molecule is O=c1[nH]c(N[C@H]2CCC[C@@H]2O)nc2c1cnn2-c1ccccc1.